The first-order valence-corrected chi connectivity index (χ1v) is 13.5. The highest BCUT2D eigenvalue weighted by Gasteiger charge is 2.32. The number of carbonyl (C=O) groups excluding carboxylic acids is 1. The zero-order valence-corrected chi connectivity index (χ0v) is 19.9. The van der Waals surface area contributed by atoms with Gasteiger partial charge in [0.05, 0.1) is 5.52 Å². The van der Waals surface area contributed by atoms with Gasteiger partial charge in [0.2, 0.25) is 15.9 Å². The average Bonchev–Trinajstić information content (AvgIpc) is 2.80. The molecule has 2 aliphatic carbocycles. The highest BCUT2D eigenvalue weighted by Crippen LogP contribution is 2.32. The monoisotopic (exact) mass is 457 g/mol. The highest BCUT2D eigenvalue weighted by molar-refractivity contribution is 7.89. The van der Waals surface area contributed by atoms with Gasteiger partial charge in [-0.3, -0.25) is 9.78 Å². The Morgan fingerprint density at radius 1 is 1.03 bits per heavy atom. The number of benzene rings is 1. The Kier molecular flexibility index (Phi) is 7.15. The molecule has 2 fully saturated rings. The molecule has 0 aliphatic heterocycles. The molecule has 32 heavy (non-hydrogen) atoms. The largest absolute Gasteiger partial charge is 0.353 e. The van der Waals surface area contributed by atoms with Gasteiger partial charge in [0.1, 0.15) is 4.90 Å². The lowest BCUT2D eigenvalue weighted by molar-refractivity contribution is -0.127. The summed E-state index contributed by atoms with van der Waals surface area (Å²) >= 11 is 0. The van der Waals surface area contributed by atoms with Crippen molar-refractivity contribution in [2.75, 3.05) is 6.54 Å². The van der Waals surface area contributed by atoms with E-state index in [2.05, 4.69) is 28.9 Å². The summed E-state index contributed by atoms with van der Waals surface area (Å²) in [6, 6.07) is 9.17. The summed E-state index contributed by atoms with van der Waals surface area (Å²) in [5.41, 5.74) is 0.495. The van der Waals surface area contributed by atoms with Crippen LogP contribution in [0.5, 0.6) is 0 Å². The minimum absolute atomic E-state index is 0.0505. The molecular weight excluding hydrogens is 422 g/mol. The number of rotatable bonds is 6. The van der Waals surface area contributed by atoms with E-state index < -0.39 is 10.0 Å². The van der Waals surface area contributed by atoms with Crippen molar-refractivity contribution in [3.63, 3.8) is 0 Å². The first kappa shape index (κ1) is 23.2. The number of para-hydroxylation sites is 1. The first-order chi connectivity index (χ1) is 15.3. The molecule has 6 nitrogen and oxygen atoms in total. The molecule has 1 heterocycles. The number of pyridine rings is 1. The third-order valence-corrected chi connectivity index (χ3v) is 9.15. The molecule has 0 radical (unpaired) electrons. The minimum Gasteiger partial charge on any atom is -0.353 e. The Balaban J connectivity index is 1.29. The lowest BCUT2D eigenvalue weighted by Gasteiger charge is -2.36. The predicted molar refractivity (Wildman–Crippen MR) is 126 cm³/mol. The second kappa shape index (κ2) is 9.87. The van der Waals surface area contributed by atoms with Crippen molar-refractivity contribution in [2.45, 2.75) is 69.7 Å². The fraction of sp³-hybridized carbons (Fsp3) is 0.600. The molecule has 0 unspecified atom stereocenters. The number of amides is 1. The van der Waals surface area contributed by atoms with Gasteiger partial charge in [0, 0.05) is 30.1 Å². The fourth-order valence-electron chi connectivity index (χ4n) is 5.31. The van der Waals surface area contributed by atoms with Gasteiger partial charge in [-0.05, 0) is 62.0 Å². The smallest absolute Gasteiger partial charge is 0.242 e. The van der Waals surface area contributed by atoms with Gasteiger partial charge >= 0.3 is 0 Å². The third-order valence-electron chi connectivity index (χ3n) is 7.70. The number of hydrogen-bond acceptors (Lipinski definition) is 4. The van der Waals surface area contributed by atoms with Gasteiger partial charge in [-0.25, -0.2) is 13.1 Å². The molecule has 2 aromatic rings. The van der Waals surface area contributed by atoms with Crippen LogP contribution < -0.4 is 10.0 Å². The third kappa shape index (κ3) is 5.15. The maximum atomic E-state index is 12.9. The van der Waals surface area contributed by atoms with Crippen LogP contribution in [-0.4, -0.2) is 31.9 Å². The van der Waals surface area contributed by atoms with E-state index in [1.165, 1.54) is 12.8 Å². The SMILES string of the molecule is C[C@H]1[C@H](C)CCC[C@H]1NC(=O)C1CCC(CNS(=O)(=O)c2cccc3cccnc23)CC1. The van der Waals surface area contributed by atoms with Crippen molar-refractivity contribution in [1.29, 1.82) is 0 Å². The first-order valence-electron chi connectivity index (χ1n) is 12.0. The molecule has 2 saturated carbocycles. The number of aromatic nitrogens is 1. The minimum atomic E-state index is -3.64. The quantitative estimate of drug-likeness (QED) is 0.678. The van der Waals surface area contributed by atoms with Gasteiger partial charge in [0.15, 0.2) is 0 Å². The second-order valence-electron chi connectivity index (χ2n) is 9.78. The Hall–Kier alpha value is -1.99. The molecule has 1 aromatic carbocycles. The van der Waals surface area contributed by atoms with Crippen molar-refractivity contribution >= 4 is 26.8 Å². The van der Waals surface area contributed by atoms with Crippen LogP contribution in [0.25, 0.3) is 10.9 Å². The van der Waals surface area contributed by atoms with E-state index in [-0.39, 0.29) is 22.6 Å². The summed E-state index contributed by atoms with van der Waals surface area (Å²) in [6.45, 7) is 4.93. The highest BCUT2D eigenvalue weighted by atomic mass is 32.2. The van der Waals surface area contributed by atoms with Gasteiger partial charge in [-0.2, -0.15) is 0 Å². The van der Waals surface area contributed by atoms with Crippen LogP contribution in [0.3, 0.4) is 0 Å². The summed E-state index contributed by atoms with van der Waals surface area (Å²) in [5, 5.41) is 4.13. The normalized spacial score (nSPS) is 29.0. The molecule has 174 valence electrons. The lowest BCUT2D eigenvalue weighted by atomic mass is 9.77. The van der Waals surface area contributed by atoms with Crippen LogP contribution >= 0.6 is 0 Å². The van der Waals surface area contributed by atoms with Crippen LogP contribution in [0.4, 0.5) is 0 Å². The van der Waals surface area contributed by atoms with Crippen LogP contribution in [0, 0.1) is 23.7 Å². The number of nitrogens with zero attached hydrogens (tertiary/aromatic N) is 1. The van der Waals surface area contributed by atoms with E-state index in [4.69, 9.17) is 0 Å². The number of fused-ring (bicyclic) bond motifs is 1. The summed E-state index contributed by atoms with van der Waals surface area (Å²) < 4.78 is 28.6. The Morgan fingerprint density at radius 3 is 2.56 bits per heavy atom. The molecule has 7 heteroatoms. The molecule has 0 spiro atoms. The van der Waals surface area contributed by atoms with E-state index in [9.17, 15) is 13.2 Å². The molecule has 3 atom stereocenters. The molecule has 4 rings (SSSR count). The van der Waals surface area contributed by atoms with Crippen molar-refractivity contribution in [2.24, 2.45) is 23.7 Å². The van der Waals surface area contributed by atoms with Gasteiger partial charge in [0.25, 0.3) is 0 Å². The molecular formula is C25H35N3O3S. The van der Waals surface area contributed by atoms with Crippen LogP contribution in [-0.2, 0) is 14.8 Å². The van der Waals surface area contributed by atoms with Crippen molar-refractivity contribution in [3.05, 3.63) is 36.5 Å². The van der Waals surface area contributed by atoms with E-state index in [1.807, 2.05) is 12.1 Å². The zero-order valence-electron chi connectivity index (χ0n) is 19.1. The van der Waals surface area contributed by atoms with Crippen LogP contribution in [0.2, 0.25) is 0 Å². The number of sulfonamides is 1. The summed E-state index contributed by atoms with van der Waals surface area (Å²) in [5.74, 6) is 1.69. The number of nitrogens with one attached hydrogen (secondary N) is 2. The summed E-state index contributed by atoms with van der Waals surface area (Å²) in [6.07, 6.45) is 8.52. The zero-order chi connectivity index (χ0) is 22.7. The molecule has 0 saturated heterocycles. The molecule has 0 bridgehead atoms. The van der Waals surface area contributed by atoms with Gasteiger partial charge in [-0.1, -0.05) is 44.9 Å². The van der Waals surface area contributed by atoms with E-state index in [0.29, 0.717) is 29.9 Å². The number of hydrogen-bond donors (Lipinski definition) is 2. The molecule has 2 aliphatic rings. The Bertz CT molecular complexity index is 1040. The van der Waals surface area contributed by atoms with Crippen LogP contribution in [0.1, 0.15) is 58.8 Å². The van der Waals surface area contributed by atoms with Crippen LogP contribution in [0.15, 0.2) is 41.4 Å². The van der Waals surface area contributed by atoms with E-state index in [0.717, 1.165) is 37.5 Å². The Labute approximate surface area is 191 Å². The topological polar surface area (TPSA) is 88.2 Å². The van der Waals surface area contributed by atoms with Gasteiger partial charge < -0.3 is 5.32 Å². The predicted octanol–water partition coefficient (Wildman–Crippen LogP) is 4.26. The van der Waals surface area contributed by atoms with E-state index in [1.54, 1.807) is 24.4 Å². The lowest BCUT2D eigenvalue weighted by Crippen LogP contribution is -2.46. The summed E-state index contributed by atoms with van der Waals surface area (Å²) in [4.78, 5) is 17.3. The van der Waals surface area contributed by atoms with Crippen molar-refractivity contribution < 1.29 is 13.2 Å². The van der Waals surface area contributed by atoms with E-state index >= 15 is 0 Å². The standard InChI is InChI=1S/C25H35N3O3S/c1-17-6-3-9-22(18(17)2)28-25(29)21-13-11-19(12-14-21)16-27-32(30,31)23-10-4-7-20-8-5-15-26-24(20)23/h4-5,7-8,10,15,17-19,21-22,27H,3,6,9,11-14,16H2,1-2H3,(H,28,29)/t17-,18+,19?,21?,22-/m1/s1. The maximum absolute atomic E-state index is 12.9. The molecule has 1 aromatic heterocycles. The Morgan fingerprint density at radius 2 is 1.78 bits per heavy atom. The number of carbonyl (C=O) groups is 1. The van der Waals surface area contributed by atoms with Crippen molar-refractivity contribution in [3.8, 4) is 0 Å². The molecule has 2 N–H and O–H groups in total. The maximum Gasteiger partial charge on any atom is 0.242 e. The molecule has 1 amide bonds. The fourth-order valence-corrected chi connectivity index (χ4v) is 6.61. The second-order valence-corrected chi connectivity index (χ2v) is 11.5. The van der Waals surface area contributed by atoms with Gasteiger partial charge in [-0.15, -0.1) is 0 Å². The summed E-state index contributed by atoms with van der Waals surface area (Å²) in [7, 11) is -3.64. The average molecular weight is 458 g/mol. The van der Waals surface area contributed by atoms with Crippen molar-refractivity contribution in [1.82, 2.24) is 15.0 Å².